The molecular formula is C18H26N2O4S2. The highest BCUT2D eigenvalue weighted by atomic mass is 32.2. The van der Waals surface area contributed by atoms with E-state index in [2.05, 4.69) is 31.6 Å². The van der Waals surface area contributed by atoms with E-state index in [0.717, 1.165) is 19.3 Å². The van der Waals surface area contributed by atoms with E-state index in [0.29, 0.717) is 17.2 Å². The third-order valence-corrected chi connectivity index (χ3v) is 8.44. The number of rotatable bonds is 2. The zero-order chi connectivity index (χ0) is 19.1. The molecule has 2 aliphatic rings. The Balaban J connectivity index is 1.58. The van der Waals surface area contributed by atoms with E-state index in [1.165, 1.54) is 21.8 Å². The lowest BCUT2D eigenvalue weighted by Crippen LogP contribution is -2.44. The minimum atomic E-state index is -3.12. The number of nitrogens with one attached hydrogen (secondary N) is 2. The van der Waals surface area contributed by atoms with Gasteiger partial charge in [-0.3, -0.25) is 20.4 Å². The molecule has 2 atom stereocenters. The maximum Gasteiger partial charge on any atom is 0.279 e. The predicted octanol–water partition coefficient (Wildman–Crippen LogP) is 2.09. The number of hydrazine groups is 1. The van der Waals surface area contributed by atoms with Crippen LogP contribution in [0, 0.1) is 17.3 Å². The average Bonchev–Trinajstić information content (AvgIpc) is 3.13. The van der Waals surface area contributed by atoms with Crippen LogP contribution >= 0.6 is 11.3 Å². The van der Waals surface area contributed by atoms with Crippen molar-refractivity contribution in [2.75, 3.05) is 11.5 Å². The maximum absolute atomic E-state index is 12.4. The SMILES string of the molecule is CC(C)(C)[C@@H]1CCc2sc(C(=O)NNC(=O)[C@H]3CCS(=O)(=O)C3)cc2C1. The fraction of sp³-hybridized carbons (Fsp3) is 0.667. The number of hydrogen-bond acceptors (Lipinski definition) is 5. The maximum atomic E-state index is 12.4. The number of thiophene rings is 1. The molecule has 1 aromatic rings. The highest BCUT2D eigenvalue weighted by Crippen LogP contribution is 2.40. The Morgan fingerprint density at radius 3 is 2.54 bits per heavy atom. The molecule has 0 spiro atoms. The van der Waals surface area contributed by atoms with E-state index in [4.69, 9.17) is 0 Å². The van der Waals surface area contributed by atoms with Gasteiger partial charge in [-0.05, 0) is 48.6 Å². The normalized spacial score (nSPS) is 24.7. The Morgan fingerprint density at radius 1 is 1.19 bits per heavy atom. The van der Waals surface area contributed by atoms with Crippen molar-refractivity contribution in [3.63, 3.8) is 0 Å². The first kappa shape index (κ1) is 19.4. The number of hydrogen-bond donors (Lipinski definition) is 2. The molecule has 0 radical (unpaired) electrons. The number of carbonyl (C=O) groups is 2. The quantitative estimate of drug-likeness (QED) is 0.746. The van der Waals surface area contributed by atoms with E-state index in [1.54, 1.807) is 0 Å². The zero-order valence-electron chi connectivity index (χ0n) is 15.4. The molecule has 1 aromatic heterocycles. The highest BCUT2D eigenvalue weighted by molar-refractivity contribution is 7.91. The molecule has 8 heteroatoms. The number of amides is 2. The third-order valence-electron chi connectivity index (χ3n) is 5.43. The van der Waals surface area contributed by atoms with Gasteiger partial charge in [0.1, 0.15) is 0 Å². The fourth-order valence-electron chi connectivity index (χ4n) is 3.66. The summed E-state index contributed by atoms with van der Waals surface area (Å²) in [6.07, 6.45) is 3.41. The second-order valence-electron chi connectivity index (χ2n) is 8.41. The molecule has 3 rings (SSSR count). The van der Waals surface area contributed by atoms with Crippen LogP contribution in [0.3, 0.4) is 0 Å². The second-order valence-corrected chi connectivity index (χ2v) is 11.8. The summed E-state index contributed by atoms with van der Waals surface area (Å²) in [7, 11) is -3.12. The van der Waals surface area contributed by atoms with Crippen molar-refractivity contribution >= 4 is 33.0 Å². The third kappa shape index (κ3) is 4.28. The number of fused-ring (bicyclic) bond motifs is 1. The lowest BCUT2D eigenvalue weighted by molar-refractivity contribution is -0.125. The molecule has 2 heterocycles. The van der Waals surface area contributed by atoms with E-state index in [1.807, 2.05) is 6.07 Å². The summed E-state index contributed by atoms with van der Waals surface area (Å²) in [6.45, 7) is 6.75. The first-order chi connectivity index (χ1) is 12.0. The van der Waals surface area contributed by atoms with Crippen LogP contribution in [0.1, 0.15) is 53.7 Å². The molecule has 6 nitrogen and oxygen atoms in total. The van der Waals surface area contributed by atoms with Crippen molar-refractivity contribution in [3.05, 3.63) is 21.4 Å². The molecule has 0 unspecified atom stereocenters. The lowest BCUT2D eigenvalue weighted by Gasteiger charge is -2.33. The summed E-state index contributed by atoms with van der Waals surface area (Å²) >= 11 is 1.48. The monoisotopic (exact) mass is 398 g/mol. The topological polar surface area (TPSA) is 92.3 Å². The highest BCUT2D eigenvalue weighted by Gasteiger charge is 2.33. The lowest BCUT2D eigenvalue weighted by atomic mass is 9.72. The van der Waals surface area contributed by atoms with Crippen molar-refractivity contribution in [1.29, 1.82) is 0 Å². The van der Waals surface area contributed by atoms with Gasteiger partial charge in [-0.1, -0.05) is 20.8 Å². The van der Waals surface area contributed by atoms with E-state index in [-0.39, 0.29) is 22.8 Å². The Bertz CT molecular complexity index is 821. The van der Waals surface area contributed by atoms with Crippen molar-refractivity contribution in [2.24, 2.45) is 17.3 Å². The van der Waals surface area contributed by atoms with Gasteiger partial charge < -0.3 is 0 Å². The Hall–Kier alpha value is -1.41. The molecule has 1 saturated heterocycles. The van der Waals surface area contributed by atoms with Crippen LogP contribution in [-0.4, -0.2) is 31.7 Å². The molecule has 1 aliphatic carbocycles. The molecule has 0 saturated carbocycles. The van der Waals surface area contributed by atoms with Crippen LogP contribution in [-0.2, 0) is 27.5 Å². The van der Waals surface area contributed by atoms with E-state index >= 15 is 0 Å². The minimum absolute atomic E-state index is 0.0334. The molecule has 0 aromatic carbocycles. The van der Waals surface area contributed by atoms with Gasteiger partial charge in [0.2, 0.25) is 5.91 Å². The smallest absolute Gasteiger partial charge is 0.273 e. The Labute approximate surface area is 158 Å². The van der Waals surface area contributed by atoms with Gasteiger partial charge in [0.15, 0.2) is 9.84 Å². The van der Waals surface area contributed by atoms with Crippen LogP contribution < -0.4 is 10.9 Å². The fourth-order valence-corrected chi connectivity index (χ4v) is 6.50. The van der Waals surface area contributed by atoms with Crippen LogP contribution in [0.5, 0.6) is 0 Å². The number of carbonyl (C=O) groups excluding carboxylic acids is 2. The van der Waals surface area contributed by atoms with E-state index < -0.39 is 21.7 Å². The summed E-state index contributed by atoms with van der Waals surface area (Å²) in [5, 5.41) is 0. The Morgan fingerprint density at radius 2 is 1.92 bits per heavy atom. The molecule has 26 heavy (non-hydrogen) atoms. The average molecular weight is 399 g/mol. The van der Waals surface area contributed by atoms with Crippen LogP contribution in [0.4, 0.5) is 0 Å². The van der Waals surface area contributed by atoms with Crippen molar-refractivity contribution < 1.29 is 18.0 Å². The van der Waals surface area contributed by atoms with Gasteiger partial charge >= 0.3 is 0 Å². The predicted molar refractivity (Wildman–Crippen MR) is 102 cm³/mol. The summed E-state index contributed by atoms with van der Waals surface area (Å²) in [4.78, 5) is 26.2. The standard InChI is InChI=1S/C18H26N2O4S2/c1-18(2,3)13-4-5-14-12(8-13)9-15(25-14)17(22)20-19-16(21)11-6-7-26(23,24)10-11/h9,11,13H,4-8,10H2,1-3H3,(H,19,21)(H,20,22)/t11-,13+/m0/s1. The van der Waals surface area contributed by atoms with Gasteiger partial charge in [0.05, 0.1) is 22.3 Å². The molecule has 2 N–H and O–H groups in total. The summed E-state index contributed by atoms with van der Waals surface area (Å²) in [6, 6.07) is 1.93. The largest absolute Gasteiger partial charge is 0.279 e. The number of sulfone groups is 1. The summed E-state index contributed by atoms with van der Waals surface area (Å²) < 4.78 is 22.9. The number of aryl methyl sites for hydroxylation is 1. The van der Waals surface area contributed by atoms with Crippen molar-refractivity contribution in [2.45, 2.75) is 46.5 Å². The summed E-state index contributed by atoms with van der Waals surface area (Å²) in [5.74, 6) is -0.865. The van der Waals surface area contributed by atoms with Crippen molar-refractivity contribution in [1.82, 2.24) is 10.9 Å². The molecule has 1 aliphatic heterocycles. The van der Waals surface area contributed by atoms with Crippen LogP contribution in [0.25, 0.3) is 0 Å². The minimum Gasteiger partial charge on any atom is -0.273 e. The molecule has 1 fully saturated rings. The first-order valence-corrected chi connectivity index (χ1v) is 11.6. The van der Waals surface area contributed by atoms with Gasteiger partial charge in [0.25, 0.3) is 5.91 Å². The Kier molecular flexibility index (Phi) is 5.18. The first-order valence-electron chi connectivity index (χ1n) is 8.97. The van der Waals surface area contributed by atoms with Crippen LogP contribution in [0.2, 0.25) is 0 Å². The molecule has 2 amide bonds. The molecule has 0 bridgehead atoms. The summed E-state index contributed by atoms with van der Waals surface area (Å²) in [5.41, 5.74) is 6.29. The van der Waals surface area contributed by atoms with E-state index in [9.17, 15) is 18.0 Å². The van der Waals surface area contributed by atoms with Crippen LogP contribution in [0.15, 0.2) is 6.07 Å². The van der Waals surface area contributed by atoms with Gasteiger partial charge in [0, 0.05) is 4.88 Å². The molecular weight excluding hydrogens is 372 g/mol. The van der Waals surface area contributed by atoms with Gasteiger partial charge in [-0.2, -0.15) is 0 Å². The van der Waals surface area contributed by atoms with Gasteiger partial charge in [-0.25, -0.2) is 8.42 Å². The molecule has 144 valence electrons. The second kappa shape index (κ2) is 6.96. The van der Waals surface area contributed by atoms with Gasteiger partial charge in [-0.15, -0.1) is 11.3 Å². The zero-order valence-corrected chi connectivity index (χ0v) is 17.1. The van der Waals surface area contributed by atoms with Crippen molar-refractivity contribution in [3.8, 4) is 0 Å².